The van der Waals surface area contributed by atoms with E-state index in [9.17, 15) is 4.79 Å². The first-order valence-corrected chi connectivity index (χ1v) is 6.95. The molecular weight excluding hydrogens is 238 g/mol. The van der Waals surface area contributed by atoms with E-state index in [0.29, 0.717) is 18.1 Å². The summed E-state index contributed by atoms with van der Waals surface area (Å²) in [7, 11) is 0. The monoisotopic (exact) mass is 259 g/mol. The number of carbonyl (C=O) groups excluding carboxylic acids is 1. The van der Waals surface area contributed by atoms with Gasteiger partial charge in [0.25, 0.3) is 0 Å². The largest absolute Gasteiger partial charge is 0.462 e. The molecule has 0 spiro atoms. The summed E-state index contributed by atoms with van der Waals surface area (Å²) in [6.45, 7) is 6.57. The molecule has 1 aromatic heterocycles. The lowest BCUT2D eigenvalue weighted by Gasteiger charge is -2.15. The summed E-state index contributed by atoms with van der Waals surface area (Å²) in [5.74, 6) is 0.139. The van der Waals surface area contributed by atoms with Crippen LogP contribution in [-0.4, -0.2) is 17.6 Å². The number of fused-ring (bicyclic) bond motifs is 1. The first-order chi connectivity index (χ1) is 9.17. The van der Waals surface area contributed by atoms with Gasteiger partial charge in [0.05, 0.1) is 12.2 Å². The number of carbonyl (C=O) groups is 1. The van der Waals surface area contributed by atoms with Gasteiger partial charge in [-0.05, 0) is 43.0 Å². The number of benzene rings is 1. The van der Waals surface area contributed by atoms with Crippen molar-refractivity contribution in [2.75, 3.05) is 6.61 Å². The van der Waals surface area contributed by atoms with Gasteiger partial charge < -0.3 is 9.72 Å². The second-order valence-corrected chi connectivity index (χ2v) is 4.91. The molecule has 2 aromatic rings. The van der Waals surface area contributed by atoms with Crippen LogP contribution in [0.1, 0.15) is 55.5 Å². The molecule has 1 atom stereocenters. The Kier molecular flexibility index (Phi) is 4.25. The van der Waals surface area contributed by atoms with E-state index < -0.39 is 0 Å². The molecule has 19 heavy (non-hydrogen) atoms. The molecule has 1 unspecified atom stereocenters. The van der Waals surface area contributed by atoms with Crippen molar-refractivity contribution in [2.24, 2.45) is 0 Å². The first kappa shape index (κ1) is 13.7. The van der Waals surface area contributed by atoms with Gasteiger partial charge in [-0.1, -0.05) is 20.3 Å². The zero-order valence-electron chi connectivity index (χ0n) is 11.8. The topological polar surface area (TPSA) is 42.1 Å². The normalized spacial score (nSPS) is 12.6. The molecular formula is C16H21NO2. The van der Waals surface area contributed by atoms with E-state index >= 15 is 0 Å². The number of esters is 1. The van der Waals surface area contributed by atoms with Crippen molar-refractivity contribution in [3.8, 4) is 0 Å². The molecule has 0 amide bonds. The van der Waals surface area contributed by atoms with Crippen LogP contribution in [0, 0.1) is 0 Å². The van der Waals surface area contributed by atoms with Gasteiger partial charge in [0.2, 0.25) is 0 Å². The van der Waals surface area contributed by atoms with E-state index in [4.69, 9.17) is 4.74 Å². The zero-order valence-corrected chi connectivity index (χ0v) is 11.8. The highest BCUT2D eigenvalue weighted by molar-refractivity contribution is 5.96. The summed E-state index contributed by atoms with van der Waals surface area (Å²) in [6, 6.07) is 6.00. The van der Waals surface area contributed by atoms with E-state index in [1.165, 1.54) is 0 Å². The van der Waals surface area contributed by atoms with Gasteiger partial charge in [0.1, 0.15) is 0 Å². The fourth-order valence-corrected chi connectivity index (χ4v) is 2.50. The summed E-state index contributed by atoms with van der Waals surface area (Å²) < 4.78 is 5.17. The summed E-state index contributed by atoms with van der Waals surface area (Å²) in [5, 5.41) is 1.05. The second kappa shape index (κ2) is 5.91. The first-order valence-electron chi connectivity index (χ1n) is 6.95. The average molecular weight is 259 g/mol. The van der Waals surface area contributed by atoms with Crippen LogP contribution in [0.25, 0.3) is 10.9 Å². The Morgan fingerprint density at radius 2 is 2.16 bits per heavy atom. The summed E-state index contributed by atoms with van der Waals surface area (Å²) in [5.41, 5.74) is 2.86. The van der Waals surface area contributed by atoms with Gasteiger partial charge >= 0.3 is 5.97 Å². The molecule has 0 saturated heterocycles. The number of ether oxygens (including phenoxy) is 1. The van der Waals surface area contributed by atoms with Crippen molar-refractivity contribution in [1.29, 1.82) is 0 Å². The molecule has 3 nitrogen and oxygen atoms in total. The number of nitrogens with one attached hydrogen (secondary N) is 1. The van der Waals surface area contributed by atoms with Gasteiger partial charge in [-0.3, -0.25) is 0 Å². The van der Waals surface area contributed by atoms with Crippen LogP contribution < -0.4 is 0 Å². The van der Waals surface area contributed by atoms with Gasteiger partial charge in [-0.2, -0.15) is 0 Å². The van der Waals surface area contributed by atoms with E-state index in [-0.39, 0.29) is 5.97 Å². The summed E-state index contributed by atoms with van der Waals surface area (Å²) >= 11 is 0. The van der Waals surface area contributed by atoms with Crippen LogP contribution in [-0.2, 0) is 4.74 Å². The third-order valence-corrected chi connectivity index (χ3v) is 3.47. The minimum absolute atomic E-state index is 0.219. The fourth-order valence-electron chi connectivity index (χ4n) is 2.50. The standard InChI is InChI=1S/C16H21NO2/c1-4-6-11(3)13-10-15-12(7-8-17-15)9-14(13)16(18)19-5-2/h7-11,17H,4-6H2,1-3H3. The lowest BCUT2D eigenvalue weighted by molar-refractivity contribution is 0.0524. The van der Waals surface area contributed by atoms with Crippen molar-refractivity contribution >= 4 is 16.9 Å². The van der Waals surface area contributed by atoms with Crippen molar-refractivity contribution in [3.05, 3.63) is 35.5 Å². The van der Waals surface area contributed by atoms with Gasteiger partial charge in [0.15, 0.2) is 0 Å². The third-order valence-electron chi connectivity index (χ3n) is 3.47. The van der Waals surface area contributed by atoms with Crippen molar-refractivity contribution in [1.82, 2.24) is 4.98 Å². The number of rotatable bonds is 5. The third kappa shape index (κ3) is 2.80. The van der Waals surface area contributed by atoms with Crippen LogP contribution in [0.3, 0.4) is 0 Å². The molecule has 1 N–H and O–H groups in total. The Labute approximate surface area is 114 Å². The van der Waals surface area contributed by atoms with Crippen molar-refractivity contribution in [2.45, 2.75) is 39.5 Å². The zero-order chi connectivity index (χ0) is 13.8. The lowest BCUT2D eigenvalue weighted by atomic mass is 9.91. The Balaban J connectivity index is 2.50. The predicted molar refractivity (Wildman–Crippen MR) is 77.6 cm³/mol. The van der Waals surface area contributed by atoms with E-state index in [1.54, 1.807) is 0 Å². The highest BCUT2D eigenvalue weighted by Crippen LogP contribution is 2.28. The van der Waals surface area contributed by atoms with Gasteiger partial charge in [-0.25, -0.2) is 4.79 Å². The molecule has 0 fully saturated rings. The molecule has 3 heteroatoms. The molecule has 2 rings (SSSR count). The SMILES string of the molecule is CCCC(C)c1cc2[nH]ccc2cc1C(=O)OCC. The maximum atomic E-state index is 12.1. The summed E-state index contributed by atoms with van der Waals surface area (Å²) in [4.78, 5) is 15.3. The fraction of sp³-hybridized carbons (Fsp3) is 0.438. The molecule has 0 aliphatic rings. The molecule has 0 aliphatic carbocycles. The number of aromatic nitrogens is 1. The number of hydrogen-bond acceptors (Lipinski definition) is 2. The van der Waals surface area contributed by atoms with Gasteiger partial charge in [-0.15, -0.1) is 0 Å². The molecule has 0 bridgehead atoms. The van der Waals surface area contributed by atoms with Crippen molar-refractivity contribution < 1.29 is 9.53 Å². The Morgan fingerprint density at radius 1 is 1.37 bits per heavy atom. The second-order valence-electron chi connectivity index (χ2n) is 4.91. The smallest absolute Gasteiger partial charge is 0.338 e. The van der Waals surface area contributed by atoms with Crippen LogP contribution in [0.5, 0.6) is 0 Å². The maximum absolute atomic E-state index is 12.1. The van der Waals surface area contributed by atoms with Crippen molar-refractivity contribution in [3.63, 3.8) is 0 Å². The summed E-state index contributed by atoms with van der Waals surface area (Å²) in [6.07, 6.45) is 4.07. The predicted octanol–water partition coefficient (Wildman–Crippen LogP) is 4.25. The lowest BCUT2D eigenvalue weighted by Crippen LogP contribution is -2.10. The highest BCUT2D eigenvalue weighted by Gasteiger charge is 2.18. The Morgan fingerprint density at radius 3 is 2.84 bits per heavy atom. The van der Waals surface area contributed by atoms with Crippen LogP contribution in [0.4, 0.5) is 0 Å². The van der Waals surface area contributed by atoms with E-state index in [0.717, 1.165) is 29.3 Å². The molecule has 1 aromatic carbocycles. The van der Waals surface area contributed by atoms with Crippen LogP contribution >= 0.6 is 0 Å². The van der Waals surface area contributed by atoms with E-state index in [2.05, 4.69) is 24.9 Å². The minimum atomic E-state index is -0.219. The molecule has 1 heterocycles. The number of aromatic amines is 1. The molecule has 0 aliphatic heterocycles. The number of hydrogen-bond donors (Lipinski definition) is 1. The molecule has 102 valence electrons. The minimum Gasteiger partial charge on any atom is -0.462 e. The molecule has 0 saturated carbocycles. The Hall–Kier alpha value is -1.77. The number of H-pyrrole nitrogens is 1. The average Bonchev–Trinajstić information content (AvgIpc) is 2.85. The molecule has 0 radical (unpaired) electrons. The maximum Gasteiger partial charge on any atom is 0.338 e. The van der Waals surface area contributed by atoms with E-state index in [1.807, 2.05) is 25.3 Å². The van der Waals surface area contributed by atoms with Gasteiger partial charge in [0, 0.05) is 17.1 Å². The quantitative estimate of drug-likeness (QED) is 0.816. The van der Waals surface area contributed by atoms with Crippen LogP contribution in [0.2, 0.25) is 0 Å². The van der Waals surface area contributed by atoms with Crippen LogP contribution in [0.15, 0.2) is 24.4 Å². The highest BCUT2D eigenvalue weighted by atomic mass is 16.5. The Bertz CT molecular complexity index is 571.